The second-order valence-corrected chi connectivity index (χ2v) is 6.47. The number of benzene rings is 1. The molecule has 1 aromatic carbocycles. The Hall–Kier alpha value is -1.22. The molecule has 1 aliphatic heterocycles. The molecule has 1 heterocycles. The maximum absolute atomic E-state index is 5.54. The maximum atomic E-state index is 5.54. The van der Waals surface area contributed by atoms with Crippen molar-refractivity contribution in [3.8, 4) is 11.5 Å². The van der Waals surface area contributed by atoms with Crippen molar-refractivity contribution >= 4 is 0 Å². The Kier molecular flexibility index (Phi) is 3.40. The number of rotatable bonds is 3. The first kappa shape index (κ1) is 12.8. The van der Waals surface area contributed by atoms with Crippen LogP contribution in [0.5, 0.6) is 11.5 Å². The molecule has 19 heavy (non-hydrogen) atoms. The van der Waals surface area contributed by atoms with Crippen LogP contribution in [-0.4, -0.2) is 12.8 Å². The first-order valence-corrected chi connectivity index (χ1v) is 7.25. The van der Waals surface area contributed by atoms with Crippen molar-refractivity contribution in [1.29, 1.82) is 0 Å². The van der Waals surface area contributed by atoms with Crippen LogP contribution in [0.2, 0.25) is 0 Å². The minimum Gasteiger partial charge on any atom is -0.454 e. The smallest absolute Gasteiger partial charge is 0.231 e. The number of fused-ring (bicyclic) bond motifs is 1. The van der Waals surface area contributed by atoms with Gasteiger partial charge in [-0.3, -0.25) is 0 Å². The topological polar surface area (TPSA) is 30.5 Å². The molecule has 3 rings (SSSR count). The third-order valence-electron chi connectivity index (χ3n) is 4.40. The molecule has 3 nitrogen and oxygen atoms in total. The summed E-state index contributed by atoms with van der Waals surface area (Å²) in [5.41, 5.74) is 1.74. The van der Waals surface area contributed by atoms with Crippen LogP contribution in [-0.2, 0) is 6.54 Å². The van der Waals surface area contributed by atoms with Crippen LogP contribution in [0.15, 0.2) is 18.2 Å². The highest BCUT2D eigenvalue weighted by Crippen LogP contribution is 2.37. The van der Waals surface area contributed by atoms with Gasteiger partial charge in [0.2, 0.25) is 6.79 Å². The van der Waals surface area contributed by atoms with E-state index in [-0.39, 0.29) is 0 Å². The predicted octanol–water partition coefficient (Wildman–Crippen LogP) is 3.47. The van der Waals surface area contributed by atoms with Crippen LogP contribution in [0.3, 0.4) is 0 Å². The minimum absolute atomic E-state index is 0.351. The van der Waals surface area contributed by atoms with Crippen molar-refractivity contribution in [2.45, 2.75) is 52.1 Å². The third kappa shape index (κ3) is 2.86. The molecule has 0 bridgehead atoms. The van der Waals surface area contributed by atoms with Gasteiger partial charge in [-0.25, -0.2) is 0 Å². The lowest BCUT2D eigenvalue weighted by molar-refractivity contribution is 0.172. The van der Waals surface area contributed by atoms with Gasteiger partial charge in [-0.2, -0.15) is 0 Å². The summed E-state index contributed by atoms with van der Waals surface area (Å²) in [5.74, 6) is 1.80. The molecule has 0 aromatic heterocycles. The molecule has 0 atom stereocenters. The molecule has 0 unspecified atom stereocenters. The van der Waals surface area contributed by atoms with E-state index in [1.807, 2.05) is 12.1 Å². The summed E-state index contributed by atoms with van der Waals surface area (Å²) in [4.78, 5) is 0. The van der Waals surface area contributed by atoms with Crippen molar-refractivity contribution in [1.82, 2.24) is 5.32 Å². The number of ether oxygens (including phenoxy) is 2. The number of para-hydroxylation sites is 1. The molecular weight excluding hydrogens is 238 g/mol. The van der Waals surface area contributed by atoms with Gasteiger partial charge in [-0.05, 0) is 37.2 Å². The summed E-state index contributed by atoms with van der Waals surface area (Å²) in [6, 6.07) is 6.77. The Balaban J connectivity index is 1.57. The zero-order valence-electron chi connectivity index (χ0n) is 11.9. The highest BCUT2D eigenvalue weighted by molar-refractivity contribution is 5.48. The Bertz CT molecular complexity index is 446. The minimum atomic E-state index is 0.351. The first-order valence-electron chi connectivity index (χ1n) is 7.25. The average Bonchev–Trinajstić information content (AvgIpc) is 2.86. The molecule has 0 spiro atoms. The lowest BCUT2D eigenvalue weighted by atomic mass is 9.75. The van der Waals surface area contributed by atoms with Crippen LogP contribution >= 0.6 is 0 Å². The van der Waals surface area contributed by atoms with E-state index in [0.29, 0.717) is 18.2 Å². The van der Waals surface area contributed by atoms with Gasteiger partial charge in [0.15, 0.2) is 11.5 Å². The van der Waals surface area contributed by atoms with Crippen LogP contribution in [0.4, 0.5) is 0 Å². The van der Waals surface area contributed by atoms with Gasteiger partial charge in [0.25, 0.3) is 0 Å². The summed E-state index contributed by atoms with van der Waals surface area (Å²) in [5, 5.41) is 3.67. The van der Waals surface area contributed by atoms with Crippen molar-refractivity contribution < 1.29 is 9.47 Å². The Morgan fingerprint density at radius 2 is 2.00 bits per heavy atom. The third-order valence-corrected chi connectivity index (χ3v) is 4.40. The van der Waals surface area contributed by atoms with Gasteiger partial charge in [-0.1, -0.05) is 26.0 Å². The van der Waals surface area contributed by atoms with Gasteiger partial charge in [0, 0.05) is 18.2 Å². The van der Waals surface area contributed by atoms with Crippen molar-refractivity contribution in [3.63, 3.8) is 0 Å². The SMILES string of the molecule is CC1(C)CCC(NCc2cccc3c2OCO3)CC1. The van der Waals surface area contributed by atoms with Gasteiger partial charge in [-0.15, -0.1) is 0 Å². The van der Waals surface area contributed by atoms with E-state index in [1.165, 1.54) is 31.2 Å². The Morgan fingerprint density at radius 1 is 1.21 bits per heavy atom. The summed E-state index contributed by atoms with van der Waals surface area (Å²) >= 11 is 0. The molecule has 1 N–H and O–H groups in total. The van der Waals surface area contributed by atoms with Gasteiger partial charge < -0.3 is 14.8 Å². The highest BCUT2D eigenvalue weighted by Gasteiger charge is 2.26. The fourth-order valence-electron chi connectivity index (χ4n) is 2.99. The van der Waals surface area contributed by atoms with E-state index in [9.17, 15) is 0 Å². The largest absolute Gasteiger partial charge is 0.454 e. The van der Waals surface area contributed by atoms with E-state index >= 15 is 0 Å². The van der Waals surface area contributed by atoms with E-state index in [1.54, 1.807) is 0 Å². The van der Waals surface area contributed by atoms with Crippen LogP contribution < -0.4 is 14.8 Å². The average molecular weight is 261 g/mol. The second kappa shape index (κ2) is 5.04. The maximum Gasteiger partial charge on any atom is 0.231 e. The van der Waals surface area contributed by atoms with Crippen LogP contribution in [0, 0.1) is 5.41 Å². The van der Waals surface area contributed by atoms with Crippen molar-refractivity contribution in [2.75, 3.05) is 6.79 Å². The lowest BCUT2D eigenvalue weighted by Gasteiger charge is -2.34. The Labute approximate surface area is 115 Å². The van der Waals surface area contributed by atoms with Gasteiger partial charge in [0.1, 0.15) is 0 Å². The second-order valence-electron chi connectivity index (χ2n) is 6.47. The molecule has 0 radical (unpaired) electrons. The molecule has 3 heteroatoms. The molecule has 1 saturated carbocycles. The molecule has 104 valence electrons. The predicted molar refractivity (Wildman–Crippen MR) is 75.4 cm³/mol. The standard InChI is InChI=1S/C16H23NO2/c1-16(2)8-6-13(7-9-16)17-10-12-4-3-5-14-15(12)19-11-18-14/h3-5,13,17H,6-11H2,1-2H3. The number of nitrogens with one attached hydrogen (secondary N) is 1. The highest BCUT2D eigenvalue weighted by atomic mass is 16.7. The lowest BCUT2D eigenvalue weighted by Crippen LogP contribution is -2.35. The summed E-state index contributed by atoms with van der Waals surface area (Å²) < 4.78 is 10.9. The summed E-state index contributed by atoms with van der Waals surface area (Å²) in [6.45, 7) is 5.97. The molecule has 1 fully saturated rings. The van der Waals surface area contributed by atoms with E-state index in [0.717, 1.165) is 18.0 Å². The summed E-state index contributed by atoms with van der Waals surface area (Å²) in [6.07, 6.45) is 5.19. The van der Waals surface area contributed by atoms with Gasteiger partial charge in [0.05, 0.1) is 0 Å². The monoisotopic (exact) mass is 261 g/mol. The summed E-state index contributed by atoms with van der Waals surface area (Å²) in [7, 11) is 0. The van der Waals surface area contributed by atoms with E-state index < -0.39 is 0 Å². The Morgan fingerprint density at radius 3 is 2.79 bits per heavy atom. The molecule has 2 aliphatic rings. The van der Waals surface area contributed by atoms with E-state index in [4.69, 9.17) is 9.47 Å². The zero-order chi connectivity index (χ0) is 13.3. The van der Waals surface area contributed by atoms with Crippen molar-refractivity contribution in [2.24, 2.45) is 5.41 Å². The molecule has 1 aliphatic carbocycles. The molecule has 1 aromatic rings. The quantitative estimate of drug-likeness (QED) is 0.903. The zero-order valence-corrected chi connectivity index (χ0v) is 11.9. The number of hydrogen-bond acceptors (Lipinski definition) is 3. The normalized spacial score (nSPS) is 21.6. The van der Waals surface area contributed by atoms with Crippen LogP contribution in [0.1, 0.15) is 45.1 Å². The fraction of sp³-hybridized carbons (Fsp3) is 0.625. The molecular formula is C16H23NO2. The first-order chi connectivity index (χ1) is 9.14. The van der Waals surface area contributed by atoms with E-state index in [2.05, 4.69) is 25.2 Å². The molecule has 0 saturated heterocycles. The number of hydrogen-bond donors (Lipinski definition) is 1. The van der Waals surface area contributed by atoms with Gasteiger partial charge >= 0.3 is 0 Å². The fourth-order valence-corrected chi connectivity index (χ4v) is 2.99. The van der Waals surface area contributed by atoms with Crippen LogP contribution in [0.25, 0.3) is 0 Å². The molecule has 0 amide bonds. The van der Waals surface area contributed by atoms with Crippen molar-refractivity contribution in [3.05, 3.63) is 23.8 Å².